The maximum Gasteiger partial charge on any atom is 0.191 e. The van der Waals surface area contributed by atoms with E-state index in [4.69, 9.17) is 14.1 Å². The standard InChI is InChI=1S/C20H29N3O3S/c24-11-7-20(8-13-25-16-20)15-23-19(21-9-5-17-3-1-12-26-17)22-10-6-18-4-2-14-27-18/h1-4,12,14,24H,5-11,13,15-16H2,(H2,21,22,23). The maximum atomic E-state index is 9.41. The summed E-state index contributed by atoms with van der Waals surface area (Å²) in [6.07, 6.45) is 5.16. The van der Waals surface area contributed by atoms with Gasteiger partial charge in [0.15, 0.2) is 5.96 Å². The number of furan rings is 1. The van der Waals surface area contributed by atoms with Crippen LogP contribution in [0.25, 0.3) is 0 Å². The summed E-state index contributed by atoms with van der Waals surface area (Å²) in [5, 5.41) is 18.3. The van der Waals surface area contributed by atoms with Gasteiger partial charge in [-0.1, -0.05) is 6.07 Å². The number of nitrogens with zero attached hydrogens (tertiary/aromatic N) is 1. The van der Waals surface area contributed by atoms with Crippen LogP contribution in [-0.2, 0) is 17.6 Å². The van der Waals surface area contributed by atoms with Crippen LogP contribution in [0.4, 0.5) is 0 Å². The van der Waals surface area contributed by atoms with Crippen molar-refractivity contribution in [2.24, 2.45) is 10.4 Å². The molecule has 0 radical (unpaired) electrons. The first kappa shape index (κ1) is 19.9. The fourth-order valence-corrected chi connectivity index (χ4v) is 3.94. The molecule has 148 valence electrons. The lowest BCUT2D eigenvalue weighted by molar-refractivity contribution is 0.131. The Labute approximate surface area is 164 Å². The van der Waals surface area contributed by atoms with Crippen molar-refractivity contribution in [3.05, 3.63) is 46.5 Å². The lowest BCUT2D eigenvalue weighted by atomic mass is 9.84. The molecule has 0 saturated carbocycles. The number of ether oxygens (including phenoxy) is 1. The number of rotatable bonds is 10. The third kappa shape index (κ3) is 6.37. The van der Waals surface area contributed by atoms with Crippen LogP contribution in [0, 0.1) is 5.41 Å². The summed E-state index contributed by atoms with van der Waals surface area (Å²) in [7, 11) is 0. The lowest BCUT2D eigenvalue weighted by Gasteiger charge is -2.25. The second-order valence-corrected chi connectivity index (χ2v) is 7.99. The first-order chi connectivity index (χ1) is 13.3. The molecule has 1 saturated heterocycles. The molecule has 27 heavy (non-hydrogen) atoms. The molecule has 3 rings (SSSR count). The molecule has 7 heteroatoms. The maximum absolute atomic E-state index is 9.41. The summed E-state index contributed by atoms with van der Waals surface area (Å²) in [6.45, 7) is 3.83. The number of hydrogen-bond acceptors (Lipinski definition) is 5. The minimum atomic E-state index is -0.0435. The Morgan fingerprint density at radius 2 is 2.11 bits per heavy atom. The molecule has 0 aromatic carbocycles. The van der Waals surface area contributed by atoms with E-state index in [0.717, 1.165) is 57.1 Å². The highest BCUT2D eigenvalue weighted by atomic mass is 32.1. The van der Waals surface area contributed by atoms with E-state index in [9.17, 15) is 5.11 Å². The normalized spacial score (nSPS) is 20.1. The fourth-order valence-electron chi connectivity index (χ4n) is 3.23. The largest absolute Gasteiger partial charge is 0.469 e. The Kier molecular flexibility index (Phi) is 7.74. The van der Waals surface area contributed by atoms with Gasteiger partial charge in [-0.05, 0) is 42.8 Å². The highest BCUT2D eigenvalue weighted by Gasteiger charge is 2.34. The summed E-state index contributed by atoms with van der Waals surface area (Å²) in [6, 6.07) is 8.12. The minimum Gasteiger partial charge on any atom is -0.469 e. The van der Waals surface area contributed by atoms with Crippen molar-refractivity contribution in [2.45, 2.75) is 25.7 Å². The Balaban J connectivity index is 1.54. The molecule has 0 aliphatic carbocycles. The molecule has 1 fully saturated rings. The van der Waals surface area contributed by atoms with Gasteiger partial charge in [0.1, 0.15) is 5.76 Å². The molecule has 0 amide bonds. The molecule has 6 nitrogen and oxygen atoms in total. The molecule has 3 N–H and O–H groups in total. The van der Waals surface area contributed by atoms with Crippen LogP contribution in [0.5, 0.6) is 0 Å². The summed E-state index contributed by atoms with van der Waals surface area (Å²) >= 11 is 1.77. The van der Waals surface area contributed by atoms with Gasteiger partial charge in [0.2, 0.25) is 0 Å². The van der Waals surface area contributed by atoms with Crippen molar-refractivity contribution < 1.29 is 14.3 Å². The van der Waals surface area contributed by atoms with Crippen molar-refractivity contribution >= 4 is 17.3 Å². The van der Waals surface area contributed by atoms with Crippen molar-refractivity contribution in [2.75, 3.05) is 39.5 Å². The van der Waals surface area contributed by atoms with E-state index >= 15 is 0 Å². The lowest BCUT2D eigenvalue weighted by Crippen LogP contribution is -2.40. The third-order valence-electron chi connectivity index (χ3n) is 4.89. The molecular formula is C20H29N3O3S. The van der Waals surface area contributed by atoms with Gasteiger partial charge < -0.3 is 24.9 Å². The summed E-state index contributed by atoms with van der Waals surface area (Å²) in [5.74, 6) is 1.77. The minimum absolute atomic E-state index is 0.0435. The average Bonchev–Trinajstić information content (AvgIpc) is 3.43. The van der Waals surface area contributed by atoms with E-state index in [-0.39, 0.29) is 12.0 Å². The molecule has 3 heterocycles. The van der Waals surface area contributed by atoms with Crippen molar-refractivity contribution in [1.29, 1.82) is 0 Å². The SMILES string of the molecule is OCCC1(CN=C(NCCc2ccco2)NCCc2cccs2)CCOC1. The summed E-state index contributed by atoms with van der Waals surface area (Å²) < 4.78 is 11.0. The molecule has 1 aliphatic heterocycles. The van der Waals surface area contributed by atoms with Crippen LogP contribution < -0.4 is 10.6 Å². The van der Waals surface area contributed by atoms with Crippen LogP contribution in [0.15, 0.2) is 45.3 Å². The van der Waals surface area contributed by atoms with Crippen molar-refractivity contribution in [3.8, 4) is 0 Å². The molecular weight excluding hydrogens is 362 g/mol. The summed E-state index contributed by atoms with van der Waals surface area (Å²) in [5.41, 5.74) is -0.0435. The number of aliphatic hydroxyl groups is 1. The van der Waals surface area contributed by atoms with E-state index in [1.54, 1.807) is 17.6 Å². The van der Waals surface area contributed by atoms with Gasteiger partial charge in [-0.3, -0.25) is 4.99 Å². The second-order valence-electron chi connectivity index (χ2n) is 6.95. The van der Waals surface area contributed by atoms with Crippen molar-refractivity contribution in [3.63, 3.8) is 0 Å². The summed E-state index contributed by atoms with van der Waals surface area (Å²) in [4.78, 5) is 6.17. The molecule has 0 spiro atoms. The third-order valence-corrected chi connectivity index (χ3v) is 5.82. The van der Waals surface area contributed by atoms with Gasteiger partial charge in [-0.2, -0.15) is 0 Å². The molecule has 0 bridgehead atoms. The number of aliphatic hydroxyl groups excluding tert-OH is 1. The van der Waals surface area contributed by atoms with E-state index in [1.807, 2.05) is 12.1 Å². The van der Waals surface area contributed by atoms with E-state index in [0.29, 0.717) is 13.2 Å². The van der Waals surface area contributed by atoms with Crippen LogP contribution in [-0.4, -0.2) is 50.5 Å². The molecule has 1 atom stereocenters. The topological polar surface area (TPSA) is 79.0 Å². The second kappa shape index (κ2) is 10.5. The first-order valence-corrected chi connectivity index (χ1v) is 10.4. The van der Waals surface area contributed by atoms with Gasteiger partial charge in [0.25, 0.3) is 0 Å². The van der Waals surface area contributed by atoms with Crippen LogP contribution >= 0.6 is 11.3 Å². The number of guanidine groups is 1. The quantitative estimate of drug-likeness (QED) is 0.428. The van der Waals surface area contributed by atoms with Crippen LogP contribution in [0.3, 0.4) is 0 Å². The van der Waals surface area contributed by atoms with Crippen LogP contribution in [0.2, 0.25) is 0 Å². The van der Waals surface area contributed by atoms with E-state index < -0.39 is 0 Å². The Hall–Kier alpha value is -1.83. The Morgan fingerprint density at radius 3 is 2.78 bits per heavy atom. The predicted molar refractivity (Wildman–Crippen MR) is 108 cm³/mol. The van der Waals surface area contributed by atoms with E-state index in [1.165, 1.54) is 4.88 Å². The highest BCUT2D eigenvalue weighted by molar-refractivity contribution is 7.09. The van der Waals surface area contributed by atoms with E-state index in [2.05, 4.69) is 28.1 Å². The molecule has 1 aliphatic rings. The Morgan fingerprint density at radius 1 is 1.22 bits per heavy atom. The number of aliphatic imine (C=N–C) groups is 1. The number of nitrogens with one attached hydrogen (secondary N) is 2. The van der Waals surface area contributed by atoms with Gasteiger partial charge in [-0.15, -0.1) is 11.3 Å². The van der Waals surface area contributed by atoms with Gasteiger partial charge in [0, 0.05) is 43.0 Å². The average molecular weight is 392 g/mol. The molecule has 2 aromatic heterocycles. The molecule has 1 unspecified atom stereocenters. The smallest absolute Gasteiger partial charge is 0.191 e. The van der Waals surface area contributed by atoms with Gasteiger partial charge in [-0.25, -0.2) is 0 Å². The fraction of sp³-hybridized carbons (Fsp3) is 0.550. The first-order valence-electron chi connectivity index (χ1n) is 9.55. The highest BCUT2D eigenvalue weighted by Crippen LogP contribution is 2.32. The van der Waals surface area contributed by atoms with Crippen LogP contribution in [0.1, 0.15) is 23.5 Å². The predicted octanol–water partition coefficient (Wildman–Crippen LogP) is 2.45. The molecule has 2 aromatic rings. The van der Waals surface area contributed by atoms with Gasteiger partial charge >= 0.3 is 0 Å². The van der Waals surface area contributed by atoms with Gasteiger partial charge in [0.05, 0.1) is 19.4 Å². The zero-order valence-corrected chi connectivity index (χ0v) is 16.5. The monoisotopic (exact) mass is 391 g/mol. The number of hydrogen-bond donors (Lipinski definition) is 3. The zero-order valence-electron chi connectivity index (χ0n) is 15.7. The zero-order chi connectivity index (χ0) is 18.8. The van der Waals surface area contributed by atoms with Crippen molar-refractivity contribution in [1.82, 2.24) is 10.6 Å². The number of thiophene rings is 1. The Bertz CT molecular complexity index is 622.